The van der Waals surface area contributed by atoms with Crippen LogP contribution in [0.25, 0.3) is 10.9 Å². The molecule has 5 nitrogen and oxygen atoms in total. The predicted molar refractivity (Wildman–Crippen MR) is 82.2 cm³/mol. The van der Waals surface area contributed by atoms with Gasteiger partial charge in [0.05, 0.1) is 11.2 Å². The molecular weight excluding hydrogens is 274 g/mol. The van der Waals surface area contributed by atoms with E-state index < -0.39 is 74.9 Å². The highest BCUT2D eigenvalue weighted by Gasteiger charge is 2.11. The van der Waals surface area contributed by atoms with Gasteiger partial charge < -0.3 is 9.88 Å². The fourth-order valence-corrected chi connectivity index (χ4v) is 1.77. The van der Waals surface area contributed by atoms with Gasteiger partial charge in [-0.3, -0.25) is 0 Å². The quantitative estimate of drug-likeness (QED) is 0.846. The fourth-order valence-electron chi connectivity index (χ4n) is 1.32. The van der Waals surface area contributed by atoms with E-state index in [1.165, 1.54) is 14.1 Å². The van der Waals surface area contributed by atoms with Gasteiger partial charge in [-0.05, 0) is 50.7 Å². The van der Waals surface area contributed by atoms with E-state index in [9.17, 15) is 8.42 Å². The Kier molecular flexibility index (Phi) is 1.72. The summed E-state index contributed by atoms with van der Waals surface area (Å²) >= 11 is 0. The molecule has 0 bridgehead atoms. The van der Waals surface area contributed by atoms with Crippen LogP contribution in [-0.2, 0) is 22.1 Å². The third-order valence-corrected chi connectivity index (χ3v) is 3.14. The number of H-pyrrole nitrogens is 1. The topological polar surface area (TPSA) is 65.2 Å². The number of fused-ring (bicyclic) bond motifs is 1. The Morgan fingerprint density at radius 1 is 1.55 bits per heavy atom. The molecule has 0 aliphatic rings. The van der Waals surface area contributed by atoms with Crippen molar-refractivity contribution in [3.63, 3.8) is 0 Å². The van der Waals surface area contributed by atoms with Crippen molar-refractivity contribution in [3.8, 4) is 0 Å². The molecule has 0 atom stereocenters. The molecular formula is C14H21N3O2S. The summed E-state index contributed by atoms with van der Waals surface area (Å²) < 4.78 is 122. The number of benzene rings is 1. The average molecular weight is 307 g/mol. The van der Waals surface area contributed by atoms with Gasteiger partial charge >= 0.3 is 0 Å². The lowest BCUT2D eigenvalue weighted by molar-refractivity contribution is 0.414. The number of nitrogens with zero attached hydrogens (tertiary/aromatic N) is 1. The van der Waals surface area contributed by atoms with Gasteiger partial charge in [0.2, 0.25) is 10.0 Å². The Morgan fingerprint density at radius 2 is 2.30 bits per heavy atom. The zero-order valence-electron chi connectivity index (χ0n) is 23.1. The second-order valence-corrected chi connectivity index (χ2v) is 5.48. The normalized spacial score (nSPS) is 23.4. The minimum Gasteiger partial charge on any atom is -0.361 e. The molecule has 6 heteroatoms. The maximum absolute atomic E-state index is 12.4. The van der Waals surface area contributed by atoms with Gasteiger partial charge in [0, 0.05) is 31.8 Å². The summed E-state index contributed by atoms with van der Waals surface area (Å²) in [6, 6.07) is -3.13. The summed E-state index contributed by atoms with van der Waals surface area (Å²) in [6.07, 6.45) is -4.03. The Morgan fingerprint density at radius 3 is 2.95 bits per heavy atom. The molecule has 0 spiro atoms. The first kappa shape index (κ1) is 5.79. The lowest BCUT2D eigenvalue weighted by Gasteiger charge is -2.08. The smallest absolute Gasteiger partial charge is 0.215 e. The molecule has 0 aliphatic heterocycles. The van der Waals surface area contributed by atoms with Crippen LogP contribution in [0.2, 0.25) is 2.82 Å². The standard InChI is InChI=1S/C14H21N3O2S/c1-15-20(18,19)10-11-4-5-14-13(8-11)12(9-16-14)6-7-17(2)3/h4-5,8-9,15-16H,6-7,10H2,1-3H3/i4D,5D,6D2,7D2,8D,9D,10D2/hD2. The van der Waals surface area contributed by atoms with Crippen molar-refractivity contribution in [1.29, 1.82) is 0 Å². The zero-order chi connectivity index (χ0) is 25.4. The average Bonchev–Trinajstić information content (AvgIpc) is 2.91. The van der Waals surface area contributed by atoms with Crippen molar-refractivity contribution in [2.24, 2.45) is 0 Å². The Labute approximate surface area is 137 Å². The number of hydrogen-bond donors (Lipinski definition) is 2. The minimum absolute atomic E-state index is 0.212. The van der Waals surface area contributed by atoms with Gasteiger partial charge in [0.1, 0.15) is 1.41 Å². The van der Waals surface area contributed by atoms with Crippen molar-refractivity contribution >= 4 is 20.9 Å². The predicted octanol–water partition coefficient (Wildman–Crippen LogP) is 1.32. The first-order valence-electron chi connectivity index (χ1n) is 11.4. The molecule has 0 radical (unpaired) electrons. The van der Waals surface area contributed by atoms with Gasteiger partial charge in [0.25, 0.3) is 0 Å². The molecule has 2 aromatic rings. The second kappa shape index (κ2) is 5.95. The molecule has 20 heavy (non-hydrogen) atoms. The highest BCUT2D eigenvalue weighted by molar-refractivity contribution is 7.88. The van der Waals surface area contributed by atoms with Gasteiger partial charge in [-0.15, -0.1) is 0 Å². The van der Waals surface area contributed by atoms with Crippen molar-refractivity contribution < 1.29 is 24.9 Å². The summed E-state index contributed by atoms with van der Waals surface area (Å²) in [6.45, 7) is -2.81. The maximum atomic E-state index is 12.4. The van der Waals surface area contributed by atoms with Crippen molar-refractivity contribution in [3.05, 3.63) is 35.4 Å². The van der Waals surface area contributed by atoms with Gasteiger partial charge in [-0.1, -0.05) is 6.04 Å². The molecule has 1 heterocycles. The molecule has 0 aliphatic carbocycles. The van der Waals surface area contributed by atoms with E-state index in [0.717, 1.165) is 4.90 Å². The van der Waals surface area contributed by atoms with Crippen LogP contribution in [0.15, 0.2) is 24.3 Å². The van der Waals surface area contributed by atoms with Gasteiger partial charge in [-0.2, -0.15) is 0 Å². The van der Waals surface area contributed by atoms with Crippen LogP contribution in [0.1, 0.15) is 24.8 Å². The molecule has 1 aromatic heterocycles. The van der Waals surface area contributed by atoms with Crippen LogP contribution in [0.4, 0.5) is 0 Å². The number of nitrogens with one attached hydrogen (secondary N) is 2. The molecule has 0 amide bonds. The van der Waals surface area contributed by atoms with Gasteiger partial charge in [-0.25, -0.2) is 13.1 Å². The number of likely N-dealkylation sites (N-methyl/N-ethyl adjacent to an activating group) is 1. The van der Waals surface area contributed by atoms with Crippen molar-refractivity contribution in [2.75, 3.05) is 27.6 Å². The van der Waals surface area contributed by atoms with Gasteiger partial charge in [0.15, 0.2) is 1.41 Å². The van der Waals surface area contributed by atoms with Crippen LogP contribution in [-0.4, -0.2) is 45.9 Å². The monoisotopic (exact) mass is 307 g/mol. The van der Waals surface area contributed by atoms with Crippen LogP contribution >= 0.6 is 0 Å². The molecule has 2 N–H and O–H groups in total. The van der Waals surface area contributed by atoms with E-state index >= 15 is 0 Å². The van der Waals surface area contributed by atoms with Crippen LogP contribution < -0.4 is 4.72 Å². The number of aryl methyl sites for hydroxylation is 1. The van der Waals surface area contributed by atoms with Crippen molar-refractivity contribution in [1.82, 2.24) is 14.6 Å². The molecule has 0 unspecified atom stereocenters. The lowest BCUT2D eigenvalue weighted by Crippen LogP contribution is -2.20. The van der Waals surface area contributed by atoms with E-state index in [-0.39, 0.29) is 9.69 Å². The summed E-state index contributed by atoms with van der Waals surface area (Å²) in [5.41, 5.74) is -6.26. The van der Waals surface area contributed by atoms with E-state index in [1.54, 1.807) is 0 Å². The Hall–Kier alpha value is -1.37. The molecule has 0 fully saturated rings. The van der Waals surface area contributed by atoms with Crippen LogP contribution in [0, 0.1) is 0 Å². The van der Waals surface area contributed by atoms with E-state index in [0.29, 0.717) is 7.05 Å². The number of aromatic amines is 1. The van der Waals surface area contributed by atoms with E-state index in [2.05, 4.69) is 0 Å². The molecule has 0 saturated heterocycles. The molecule has 110 valence electrons. The summed E-state index contributed by atoms with van der Waals surface area (Å²) in [7, 11) is -1.99. The van der Waals surface area contributed by atoms with E-state index in [4.69, 9.17) is 16.5 Å². The number of rotatable bonds is 6. The third kappa shape index (κ3) is 3.59. The van der Waals surface area contributed by atoms with Crippen molar-refractivity contribution in [2.45, 2.75) is 12.1 Å². The first-order chi connectivity index (χ1) is 14.2. The number of aromatic nitrogens is 1. The first-order valence-corrected chi connectivity index (χ1v) is 6.92. The number of sulfonamides is 1. The Balaban J connectivity index is 3.18. The summed E-state index contributed by atoms with van der Waals surface area (Å²) in [4.78, 5) is 1.07. The maximum Gasteiger partial charge on any atom is 0.215 e. The SMILES string of the molecule is [2H]c1c(C([2H])([2H])S(=O)(=O)N([2H])C)c([2H])c2c(C([2H])([2H])C([2H])([2H])N(C)C)c([2H])n([2H])c2c1[2H]. The highest BCUT2D eigenvalue weighted by Crippen LogP contribution is 2.21. The molecule has 2 rings (SSSR count). The zero-order valence-corrected chi connectivity index (χ0v) is 11.9. The minimum atomic E-state index is -5.12. The van der Waals surface area contributed by atoms with Crippen LogP contribution in [0.3, 0.4) is 0 Å². The Bertz CT molecular complexity index is 1190. The largest absolute Gasteiger partial charge is 0.361 e. The molecule has 0 saturated carbocycles. The third-order valence-electron chi connectivity index (χ3n) is 2.20. The summed E-state index contributed by atoms with van der Waals surface area (Å²) in [5, 5.41) is -0.733. The van der Waals surface area contributed by atoms with Crippen LogP contribution in [0.5, 0.6) is 0 Å². The highest BCUT2D eigenvalue weighted by atomic mass is 32.2. The number of hydrogen-bond acceptors (Lipinski definition) is 3. The lowest BCUT2D eigenvalue weighted by atomic mass is 10.1. The van der Waals surface area contributed by atoms with E-state index in [1.807, 2.05) is 0 Å². The summed E-state index contributed by atoms with van der Waals surface area (Å²) in [5.74, 6) is 0. The molecule has 1 aromatic carbocycles. The fraction of sp³-hybridized carbons (Fsp3) is 0.429. The second-order valence-electron chi connectivity index (χ2n) is 3.96.